The number of rotatable bonds is 0. The lowest BCUT2D eigenvalue weighted by molar-refractivity contribution is 0.645. The zero-order valence-corrected chi connectivity index (χ0v) is 16.6. The van der Waals surface area contributed by atoms with Gasteiger partial charge < -0.3 is 0 Å². The number of hydrogen-bond acceptors (Lipinski definition) is 1. The smallest absolute Gasteiger partial charge is 0.0786 e. The Balaban J connectivity index is 1.97. The normalized spacial score (nSPS) is 14.1. The van der Waals surface area contributed by atoms with Gasteiger partial charge in [0.15, 0.2) is 0 Å². The maximum absolute atomic E-state index is 4.86. The molecule has 29 heavy (non-hydrogen) atoms. The van der Waals surface area contributed by atoms with Crippen LogP contribution >= 0.6 is 0 Å². The van der Waals surface area contributed by atoms with E-state index in [0.717, 1.165) is 5.69 Å². The number of nitrogens with zero attached hydrogens (tertiary/aromatic N) is 1. The first-order valence-electron chi connectivity index (χ1n) is 10.2. The van der Waals surface area contributed by atoms with E-state index in [0.29, 0.717) is 0 Å². The van der Waals surface area contributed by atoms with Crippen molar-refractivity contribution in [3.63, 3.8) is 0 Å². The Hall–Kier alpha value is -3.45. The topological polar surface area (TPSA) is 12.9 Å². The number of pyridine rings is 1. The van der Waals surface area contributed by atoms with Crippen LogP contribution < -0.4 is 0 Å². The van der Waals surface area contributed by atoms with Crippen molar-refractivity contribution in [1.29, 1.82) is 0 Å². The van der Waals surface area contributed by atoms with Crippen LogP contribution in [0.1, 0.15) is 25.0 Å². The largest absolute Gasteiger partial charge is 0.256 e. The second-order valence-electron chi connectivity index (χ2n) is 8.44. The van der Waals surface area contributed by atoms with Crippen molar-refractivity contribution in [3.05, 3.63) is 102 Å². The summed E-state index contributed by atoms with van der Waals surface area (Å²) in [4.78, 5) is 4.86. The Morgan fingerprint density at radius 2 is 1.38 bits per heavy atom. The Morgan fingerprint density at radius 3 is 2.31 bits per heavy atom. The third-order valence-electron chi connectivity index (χ3n) is 6.51. The van der Waals surface area contributed by atoms with Crippen LogP contribution in [0.2, 0.25) is 0 Å². The van der Waals surface area contributed by atoms with Gasteiger partial charge in [0.05, 0.1) is 5.69 Å². The highest BCUT2D eigenvalue weighted by Gasteiger charge is 2.34. The van der Waals surface area contributed by atoms with Gasteiger partial charge in [-0.15, -0.1) is 0 Å². The summed E-state index contributed by atoms with van der Waals surface area (Å²) in [5.41, 5.74) is 9.95. The molecule has 3 aliphatic carbocycles. The Bertz CT molecular complexity index is 1380. The maximum atomic E-state index is 4.86. The molecule has 0 saturated heterocycles. The minimum Gasteiger partial charge on any atom is -0.256 e. The van der Waals surface area contributed by atoms with E-state index in [1.165, 1.54) is 49.7 Å². The van der Waals surface area contributed by atoms with E-state index < -0.39 is 0 Å². The lowest BCUT2D eigenvalue weighted by Gasteiger charge is -2.35. The van der Waals surface area contributed by atoms with Crippen molar-refractivity contribution in [1.82, 2.24) is 4.98 Å². The predicted molar refractivity (Wildman–Crippen MR) is 121 cm³/mol. The number of benzene rings is 2. The minimum atomic E-state index is -0.0577. The molecule has 1 aromatic heterocycles. The van der Waals surface area contributed by atoms with Crippen molar-refractivity contribution in [2.24, 2.45) is 0 Å². The highest BCUT2D eigenvalue weighted by atomic mass is 14.7. The van der Waals surface area contributed by atoms with E-state index in [-0.39, 0.29) is 5.41 Å². The molecule has 0 amide bonds. The highest BCUT2D eigenvalue weighted by molar-refractivity contribution is 6.09. The average Bonchev–Trinajstić information content (AvgIpc) is 2.90. The van der Waals surface area contributed by atoms with E-state index in [1.807, 2.05) is 12.3 Å². The van der Waals surface area contributed by atoms with Gasteiger partial charge in [0, 0.05) is 22.7 Å². The van der Waals surface area contributed by atoms with Crippen molar-refractivity contribution >= 4 is 10.8 Å². The molecule has 1 heteroatoms. The van der Waals surface area contributed by atoms with Crippen LogP contribution in [0.4, 0.5) is 0 Å². The van der Waals surface area contributed by atoms with Crippen LogP contribution in [0.3, 0.4) is 0 Å². The van der Waals surface area contributed by atoms with Gasteiger partial charge >= 0.3 is 0 Å². The molecule has 1 heterocycles. The summed E-state index contributed by atoms with van der Waals surface area (Å²) >= 11 is 0. The molecule has 0 saturated carbocycles. The van der Waals surface area contributed by atoms with Crippen LogP contribution in [0, 0.1) is 0 Å². The van der Waals surface area contributed by atoms with Gasteiger partial charge in [0.1, 0.15) is 0 Å². The monoisotopic (exact) mass is 371 g/mol. The molecule has 0 N–H and O–H groups in total. The van der Waals surface area contributed by atoms with Crippen LogP contribution in [0.25, 0.3) is 44.3 Å². The fraction of sp³-hybridized carbons (Fsp3) is 0.107. The first-order valence-corrected chi connectivity index (χ1v) is 10.2. The molecular formula is C28H21N. The molecule has 1 nitrogen and oxygen atoms in total. The molecule has 0 aliphatic heterocycles. The zero-order valence-electron chi connectivity index (χ0n) is 16.6. The van der Waals surface area contributed by atoms with Crippen LogP contribution in [-0.4, -0.2) is 4.98 Å². The van der Waals surface area contributed by atoms with Gasteiger partial charge in [0.25, 0.3) is 0 Å². The van der Waals surface area contributed by atoms with Crippen LogP contribution in [-0.2, 0) is 5.41 Å². The lowest BCUT2D eigenvalue weighted by Crippen LogP contribution is -2.23. The van der Waals surface area contributed by atoms with Gasteiger partial charge in [-0.2, -0.15) is 0 Å². The minimum absolute atomic E-state index is 0.0577. The summed E-state index contributed by atoms with van der Waals surface area (Å²) < 4.78 is 0. The standard InChI is InChI=1S/C28H21N/c1-28(2)23-13-4-3-10-21(23)26-22-11-5-8-18(20-12-7-17-29-27(20)22)15-16-19-9-6-14-24(28)25(19)26/h3-17H,1-2H3. The van der Waals surface area contributed by atoms with Gasteiger partial charge in [-0.25, -0.2) is 0 Å². The molecule has 2 bridgehead atoms. The molecule has 0 radical (unpaired) electrons. The zero-order chi connectivity index (χ0) is 19.6. The molecule has 0 atom stereocenters. The second kappa shape index (κ2) is 5.78. The Kier molecular flexibility index (Phi) is 3.29. The summed E-state index contributed by atoms with van der Waals surface area (Å²) in [6.07, 6.45) is 1.91. The van der Waals surface area contributed by atoms with Crippen molar-refractivity contribution < 1.29 is 0 Å². The SMILES string of the molecule is CC1(C)c2ccccc2-c2c3cccc(ccc4cccc1c24)-c1cccnc1-3. The van der Waals surface area contributed by atoms with E-state index in [2.05, 4.69) is 92.7 Å². The van der Waals surface area contributed by atoms with Crippen LogP contribution in [0.5, 0.6) is 0 Å². The molecule has 0 unspecified atom stereocenters. The predicted octanol–water partition coefficient (Wildman–Crippen LogP) is 7.31. The van der Waals surface area contributed by atoms with Gasteiger partial charge in [-0.05, 0) is 44.7 Å². The first kappa shape index (κ1) is 16.5. The van der Waals surface area contributed by atoms with E-state index in [1.54, 1.807) is 0 Å². The molecule has 2 aromatic carbocycles. The summed E-state index contributed by atoms with van der Waals surface area (Å²) in [6.45, 7) is 4.68. The van der Waals surface area contributed by atoms with E-state index in [4.69, 9.17) is 4.98 Å². The molecule has 3 aromatic rings. The fourth-order valence-corrected chi connectivity index (χ4v) is 5.11. The molecule has 0 spiro atoms. The average molecular weight is 371 g/mol. The molecule has 138 valence electrons. The quantitative estimate of drug-likeness (QED) is 0.278. The third kappa shape index (κ3) is 2.19. The lowest BCUT2D eigenvalue weighted by atomic mass is 9.68. The summed E-state index contributed by atoms with van der Waals surface area (Å²) in [5.74, 6) is 0. The highest BCUT2D eigenvalue weighted by Crippen LogP contribution is 2.51. The molecular weight excluding hydrogens is 350 g/mol. The van der Waals surface area contributed by atoms with Crippen LogP contribution in [0.15, 0.2) is 91.1 Å². The third-order valence-corrected chi connectivity index (χ3v) is 6.51. The second-order valence-corrected chi connectivity index (χ2v) is 8.44. The van der Waals surface area contributed by atoms with Gasteiger partial charge in [-0.1, -0.05) is 92.7 Å². The Morgan fingerprint density at radius 1 is 0.621 bits per heavy atom. The summed E-state index contributed by atoms with van der Waals surface area (Å²) in [7, 11) is 0. The molecule has 0 fully saturated rings. The van der Waals surface area contributed by atoms with Crippen molar-refractivity contribution in [3.8, 4) is 33.5 Å². The first-order chi connectivity index (χ1) is 14.2. The summed E-state index contributed by atoms with van der Waals surface area (Å²) in [5, 5.41) is 2.61. The van der Waals surface area contributed by atoms with Crippen molar-refractivity contribution in [2.75, 3.05) is 0 Å². The number of aromatic nitrogens is 1. The van der Waals surface area contributed by atoms with E-state index in [9.17, 15) is 0 Å². The fourth-order valence-electron chi connectivity index (χ4n) is 5.11. The maximum Gasteiger partial charge on any atom is 0.0786 e. The molecule has 3 aliphatic rings. The number of hydrogen-bond donors (Lipinski definition) is 0. The molecule has 6 rings (SSSR count). The van der Waals surface area contributed by atoms with E-state index >= 15 is 0 Å². The van der Waals surface area contributed by atoms with Crippen molar-refractivity contribution in [2.45, 2.75) is 19.3 Å². The van der Waals surface area contributed by atoms with Gasteiger partial charge in [0.2, 0.25) is 0 Å². The number of fused-ring (bicyclic) bond motifs is 3. The Labute approximate surface area is 171 Å². The summed E-state index contributed by atoms with van der Waals surface area (Å²) in [6, 6.07) is 30.9. The van der Waals surface area contributed by atoms with Gasteiger partial charge in [-0.3, -0.25) is 4.98 Å².